The molecule has 16 nitrogen and oxygen atoms in total. The Morgan fingerprint density at radius 2 is 0.953 bits per heavy atom. The summed E-state index contributed by atoms with van der Waals surface area (Å²) in [6.07, 6.45) is -10.7. The predicted octanol–water partition coefficient (Wildman–Crippen LogP) is 0.0524. The molecule has 0 radical (unpaired) electrons. The molecule has 0 spiro atoms. The van der Waals surface area contributed by atoms with Crippen molar-refractivity contribution < 1.29 is 76.1 Å². The second-order valence-electron chi connectivity index (χ2n) is 9.53. The Balaban J connectivity index is 2.51. The first kappa shape index (κ1) is 36.2. The molecule has 2 aliphatic rings. The molecule has 0 aromatic heterocycles. The highest BCUT2D eigenvalue weighted by atomic mass is 32.2. The van der Waals surface area contributed by atoms with E-state index in [0.29, 0.717) is 0 Å². The van der Waals surface area contributed by atoms with Crippen LogP contribution in [0.2, 0.25) is 0 Å². The van der Waals surface area contributed by atoms with Crippen molar-refractivity contribution in [1.29, 1.82) is 0 Å². The van der Waals surface area contributed by atoms with E-state index in [1.807, 2.05) is 0 Å². The molecule has 10 atom stereocenters. The van der Waals surface area contributed by atoms with E-state index in [0.717, 1.165) is 39.5 Å². The van der Waals surface area contributed by atoms with Crippen molar-refractivity contribution in [1.82, 2.24) is 0 Å². The second-order valence-corrected chi connectivity index (χ2v) is 10.7. The minimum atomic E-state index is -1.33. The Kier molecular flexibility index (Phi) is 14.1. The van der Waals surface area contributed by atoms with Gasteiger partial charge >= 0.3 is 35.8 Å². The molecule has 0 saturated carbocycles. The molecule has 0 aromatic carbocycles. The SMILES string of the molecule is CO[C@H]1O[C@H](CS[C@H]2[C@@H](OC(C)=O)[C@H](OC)O[C@H](COC(C)=O)[C@H]2OC(C)=O)[C@@H](OC(C)=O)[C@H](OC(C)=O)[C@@H]1OC(C)=O. The average molecular weight is 639 g/mol. The van der Waals surface area contributed by atoms with E-state index in [9.17, 15) is 28.8 Å². The zero-order valence-electron chi connectivity index (χ0n) is 25.1. The Hall–Kier alpha value is -2.99. The lowest BCUT2D eigenvalue weighted by Crippen LogP contribution is -2.63. The lowest BCUT2D eigenvalue weighted by atomic mass is 9.98. The summed E-state index contributed by atoms with van der Waals surface area (Å²) in [6.45, 7) is 6.59. The van der Waals surface area contributed by atoms with E-state index < -0.39 is 96.4 Å². The summed E-state index contributed by atoms with van der Waals surface area (Å²) in [7, 11) is 2.58. The third-order valence-electron chi connectivity index (χ3n) is 6.06. The summed E-state index contributed by atoms with van der Waals surface area (Å²) in [5.74, 6) is -4.31. The molecule has 0 unspecified atom stereocenters. The number of esters is 6. The molecule has 0 amide bonds. The first-order chi connectivity index (χ1) is 20.2. The first-order valence-corrected chi connectivity index (χ1v) is 14.2. The average Bonchev–Trinajstić information content (AvgIpc) is 2.88. The fraction of sp³-hybridized carbons (Fsp3) is 0.769. The second kappa shape index (κ2) is 16.7. The lowest BCUT2D eigenvalue weighted by molar-refractivity contribution is -0.294. The molecule has 2 rings (SSSR count). The highest BCUT2D eigenvalue weighted by Gasteiger charge is 2.54. The molecule has 2 fully saturated rings. The monoisotopic (exact) mass is 638 g/mol. The van der Waals surface area contributed by atoms with Gasteiger partial charge in [-0.05, 0) is 0 Å². The highest BCUT2D eigenvalue weighted by molar-refractivity contribution is 8.00. The van der Waals surface area contributed by atoms with Gasteiger partial charge in [-0.2, -0.15) is 0 Å². The molecule has 0 N–H and O–H groups in total. The van der Waals surface area contributed by atoms with Crippen LogP contribution < -0.4 is 0 Å². The number of carbonyl (C=O) groups is 6. The normalized spacial score (nSPS) is 32.1. The van der Waals surface area contributed by atoms with Crippen LogP contribution in [0.5, 0.6) is 0 Å². The molecule has 43 heavy (non-hydrogen) atoms. The zero-order chi connectivity index (χ0) is 32.4. The van der Waals surface area contributed by atoms with Crippen LogP contribution in [-0.4, -0.2) is 123 Å². The molecular weight excluding hydrogens is 600 g/mol. The van der Waals surface area contributed by atoms with E-state index in [4.69, 9.17) is 47.4 Å². The quantitative estimate of drug-likeness (QED) is 0.205. The fourth-order valence-electron chi connectivity index (χ4n) is 4.63. The smallest absolute Gasteiger partial charge is 0.303 e. The van der Waals surface area contributed by atoms with Crippen molar-refractivity contribution in [3.8, 4) is 0 Å². The minimum Gasteiger partial charge on any atom is -0.463 e. The summed E-state index contributed by atoms with van der Waals surface area (Å²) in [5.41, 5.74) is 0. The van der Waals surface area contributed by atoms with Gasteiger partial charge in [0, 0.05) is 61.5 Å². The van der Waals surface area contributed by atoms with Crippen LogP contribution in [0, 0.1) is 0 Å². The van der Waals surface area contributed by atoms with E-state index in [1.165, 1.54) is 28.1 Å². The topological polar surface area (TPSA) is 195 Å². The van der Waals surface area contributed by atoms with Crippen molar-refractivity contribution in [2.24, 2.45) is 0 Å². The van der Waals surface area contributed by atoms with Crippen LogP contribution in [0.3, 0.4) is 0 Å². The van der Waals surface area contributed by atoms with E-state index in [-0.39, 0.29) is 12.4 Å². The number of carbonyl (C=O) groups excluding carboxylic acids is 6. The Bertz CT molecular complexity index is 1020. The van der Waals surface area contributed by atoms with Crippen LogP contribution in [0.25, 0.3) is 0 Å². The number of rotatable bonds is 12. The van der Waals surface area contributed by atoms with Crippen LogP contribution in [0.15, 0.2) is 0 Å². The van der Waals surface area contributed by atoms with Gasteiger partial charge in [0.2, 0.25) is 0 Å². The summed E-state index contributed by atoms with van der Waals surface area (Å²) >= 11 is 1.07. The van der Waals surface area contributed by atoms with Crippen molar-refractivity contribution in [3.05, 3.63) is 0 Å². The minimum absolute atomic E-state index is 0.0702. The van der Waals surface area contributed by atoms with Crippen LogP contribution in [0.1, 0.15) is 41.5 Å². The van der Waals surface area contributed by atoms with Gasteiger partial charge in [0.05, 0.1) is 5.25 Å². The van der Waals surface area contributed by atoms with Gasteiger partial charge in [-0.15, -0.1) is 11.8 Å². The van der Waals surface area contributed by atoms with Gasteiger partial charge < -0.3 is 47.4 Å². The van der Waals surface area contributed by atoms with Gasteiger partial charge in [0.15, 0.2) is 37.0 Å². The first-order valence-electron chi connectivity index (χ1n) is 13.2. The number of hydrogen-bond donors (Lipinski definition) is 0. The zero-order valence-corrected chi connectivity index (χ0v) is 25.9. The third kappa shape index (κ3) is 10.6. The maximum Gasteiger partial charge on any atom is 0.303 e. The molecule has 244 valence electrons. The third-order valence-corrected chi connectivity index (χ3v) is 7.50. The largest absolute Gasteiger partial charge is 0.463 e. The lowest BCUT2D eigenvalue weighted by Gasteiger charge is -2.46. The highest BCUT2D eigenvalue weighted by Crippen LogP contribution is 2.38. The van der Waals surface area contributed by atoms with Gasteiger partial charge in [0.1, 0.15) is 24.9 Å². The Morgan fingerprint density at radius 3 is 1.44 bits per heavy atom. The van der Waals surface area contributed by atoms with Crippen LogP contribution >= 0.6 is 11.8 Å². The number of methoxy groups -OCH3 is 2. The number of hydrogen-bond acceptors (Lipinski definition) is 17. The van der Waals surface area contributed by atoms with Crippen molar-refractivity contribution in [2.45, 2.75) is 102 Å². The van der Waals surface area contributed by atoms with Crippen molar-refractivity contribution >= 4 is 47.6 Å². The maximum absolute atomic E-state index is 12.1. The van der Waals surface area contributed by atoms with Gasteiger partial charge in [-0.3, -0.25) is 28.8 Å². The summed E-state index contributed by atoms with van der Waals surface area (Å²) in [4.78, 5) is 71.8. The summed E-state index contributed by atoms with van der Waals surface area (Å²) in [6, 6.07) is 0. The molecule has 0 aromatic rings. The van der Waals surface area contributed by atoms with Crippen LogP contribution in [-0.2, 0) is 76.1 Å². The fourth-order valence-corrected chi connectivity index (χ4v) is 6.10. The van der Waals surface area contributed by atoms with E-state index >= 15 is 0 Å². The van der Waals surface area contributed by atoms with E-state index in [1.54, 1.807) is 0 Å². The molecule has 0 aliphatic carbocycles. The van der Waals surface area contributed by atoms with E-state index in [2.05, 4.69) is 0 Å². The van der Waals surface area contributed by atoms with Gasteiger partial charge in [-0.25, -0.2) is 0 Å². The summed E-state index contributed by atoms with van der Waals surface area (Å²) < 4.78 is 55.1. The van der Waals surface area contributed by atoms with Crippen molar-refractivity contribution in [3.63, 3.8) is 0 Å². The molecule has 2 heterocycles. The van der Waals surface area contributed by atoms with Gasteiger partial charge in [-0.1, -0.05) is 0 Å². The number of thioether (sulfide) groups is 1. The summed E-state index contributed by atoms with van der Waals surface area (Å²) in [5, 5.41) is -0.909. The Morgan fingerprint density at radius 1 is 0.535 bits per heavy atom. The molecular formula is C26H38O16S. The molecule has 17 heteroatoms. The predicted molar refractivity (Wildman–Crippen MR) is 142 cm³/mol. The number of ether oxygens (including phenoxy) is 10. The van der Waals surface area contributed by atoms with Gasteiger partial charge in [0.25, 0.3) is 0 Å². The molecule has 0 bridgehead atoms. The molecule has 2 aliphatic heterocycles. The molecule has 2 saturated heterocycles. The Labute approximate surface area is 252 Å². The van der Waals surface area contributed by atoms with Crippen molar-refractivity contribution in [2.75, 3.05) is 26.6 Å². The van der Waals surface area contributed by atoms with Crippen LogP contribution in [0.4, 0.5) is 0 Å². The maximum atomic E-state index is 12.1. The standard InChI is InChI=1S/C26H38O16S/c1-11(27)35-9-17-20(37-13(3)29)24(23(40-16(6)32)26(34-8)41-17)43-10-18-19(36-12(2)28)21(38-14(4)30)22(39-15(5)31)25(33-7)42-18/h17-26H,9-10H2,1-8H3/t17-,18-,19-,20-,21+,22+,23-,24-,25+,26-/m1/s1.